The van der Waals surface area contributed by atoms with E-state index in [1.54, 1.807) is 0 Å². The van der Waals surface area contributed by atoms with E-state index in [-0.39, 0.29) is 5.75 Å². The van der Waals surface area contributed by atoms with Crippen LogP contribution in [0.4, 0.5) is 0 Å². The summed E-state index contributed by atoms with van der Waals surface area (Å²) < 4.78 is 25.1. The minimum Gasteiger partial charge on any atom is -0.212 e. The van der Waals surface area contributed by atoms with E-state index < -0.39 is 16.1 Å². The monoisotopic (exact) mass is 230 g/mol. The normalized spacial score (nSPS) is 23.2. The van der Waals surface area contributed by atoms with Gasteiger partial charge < -0.3 is 0 Å². The largest absolute Gasteiger partial charge is 0.215 e. The van der Waals surface area contributed by atoms with Gasteiger partial charge in [-0.25, -0.2) is 8.42 Å². The fraction of sp³-hybridized carbons (Fsp3) is 0.900. The van der Waals surface area contributed by atoms with Crippen molar-refractivity contribution >= 4 is 10.0 Å². The van der Waals surface area contributed by atoms with Crippen LogP contribution in [-0.4, -0.2) is 31.1 Å². The van der Waals surface area contributed by atoms with Crippen molar-refractivity contribution in [2.24, 2.45) is 5.92 Å². The first-order valence-corrected chi connectivity index (χ1v) is 6.97. The highest BCUT2D eigenvalue weighted by Crippen LogP contribution is 2.21. The summed E-state index contributed by atoms with van der Waals surface area (Å²) in [5, 5.41) is 8.82. The van der Waals surface area contributed by atoms with Gasteiger partial charge in [-0.1, -0.05) is 13.8 Å². The van der Waals surface area contributed by atoms with E-state index in [1.807, 2.05) is 13.8 Å². The Labute approximate surface area is 91.9 Å². The lowest BCUT2D eigenvalue weighted by atomic mass is 10.2. The van der Waals surface area contributed by atoms with Crippen molar-refractivity contribution in [3.8, 4) is 6.07 Å². The van der Waals surface area contributed by atoms with Crippen LogP contribution in [-0.2, 0) is 10.0 Å². The van der Waals surface area contributed by atoms with Crippen LogP contribution in [0.5, 0.6) is 0 Å². The molecule has 5 heteroatoms. The average molecular weight is 230 g/mol. The van der Waals surface area contributed by atoms with Crippen molar-refractivity contribution in [3.63, 3.8) is 0 Å². The molecule has 1 heterocycles. The third-order valence-electron chi connectivity index (χ3n) is 2.66. The van der Waals surface area contributed by atoms with E-state index in [0.717, 1.165) is 6.42 Å². The van der Waals surface area contributed by atoms with Crippen molar-refractivity contribution in [1.29, 1.82) is 5.26 Å². The molecular formula is C10H18N2O2S. The van der Waals surface area contributed by atoms with Crippen LogP contribution in [0.15, 0.2) is 0 Å². The summed E-state index contributed by atoms with van der Waals surface area (Å²) in [5.74, 6) is 0.547. The van der Waals surface area contributed by atoms with Gasteiger partial charge in [0.15, 0.2) is 0 Å². The lowest BCUT2D eigenvalue weighted by Crippen LogP contribution is -2.36. The zero-order valence-electron chi connectivity index (χ0n) is 9.31. The molecule has 0 spiro atoms. The number of nitriles is 1. The van der Waals surface area contributed by atoms with Gasteiger partial charge in [-0.2, -0.15) is 9.57 Å². The van der Waals surface area contributed by atoms with Crippen LogP contribution < -0.4 is 0 Å². The summed E-state index contributed by atoms with van der Waals surface area (Å²) in [6.07, 6.45) is 2.15. The maximum absolute atomic E-state index is 11.9. The second kappa shape index (κ2) is 4.95. The summed E-state index contributed by atoms with van der Waals surface area (Å²) in [5.41, 5.74) is 0. The molecule has 0 saturated carbocycles. The van der Waals surface area contributed by atoms with E-state index in [9.17, 15) is 8.42 Å². The van der Waals surface area contributed by atoms with Gasteiger partial charge >= 0.3 is 0 Å². The number of sulfonamides is 1. The predicted octanol–water partition coefficient (Wildman–Crippen LogP) is 1.35. The van der Waals surface area contributed by atoms with E-state index in [2.05, 4.69) is 6.07 Å². The Balaban J connectivity index is 2.65. The van der Waals surface area contributed by atoms with E-state index >= 15 is 0 Å². The highest BCUT2D eigenvalue weighted by atomic mass is 32.2. The summed E-state index contributed by atoms with van der Waals surface area (Å²) in [6.45, 7) is 4.52. The Morgan fingerprint density at radius 2 is 2.20 bits per heavy atom. The van der Waals surface area contributed by atoms with Crippen LogP contribution in [0.2, 0.25) is 0 Å². The molecule has 1 unspecified atom stereocenters. The van der Waals surface area contributed by atoms with Crippen molar-refractivity contribution < 1.29 is 8.42 Å². The summed E-state index contributed by atoms with van der Waals surface area (Å²) in [7, 11) is -3.21. The molecule has 1 atom stereocenters. The minimum absolute atomic E-state index is 0.169. The number of hydrogen-bond acceptors (Lipinski definition) is 3. The lowest BCUT2D eigenvalue weighted by molar-refractivity contribution is 0.433. The third kappa shape index (κ3) is 3.18. The van der Waals surface area contributed by atoms with Gasteiger partial charge in [-0.05, 0) is 25.2 Å². The third-order valence-corrected chi connectivity index (χ3v) is 4.57. The Hall–Kier alpha value is -0.600. The molecule has 0 aromatic carbocycles. The molecule has 4 nitrogen and oxygen atoms in total. The van der Waals surface area contributed by atoms with Gasteiger partial charge in [0.2, 0.25) is 10.0 Å². The van der Waals surface area contributed by atoms with Gasteiger partial charge in [0.05, 0.1) is 11.8 Å². The fourth-order valence-corrected chi connectivity index (χ4v) is 3.66. The van der Waals surface area contributed by atoms with Crippen LogP contribution >= 0.6 is 0 Å². The van der Waals surface area contributed by atoms with Gasteiger partial charge in [0.1, 0.15) is 6.04 Å². The van der Waals surface area contributed by atoms with Crippen LogP contribution in [0, 0.1) is 17.2 Å². The van der Waals surface area contributed by atoms with Crippen molar-refractivity contribution in [3.05, 3.63) is 0 Å². The first-order chi connectivity index (χ1) is 6.97. The van der Waals surface area contributed by atoms with Gasteiger partial charge in [-0.15, -0.1) is 0 Å². The van der Waals surface area contributed by atoms with E-state index in [0.29, 0.717) is 25.3 Å². The Bertz CT molecular complexity index is 343. The fourth-order valence-electron chi connectivity index (χ4n) is 1.70. The topological polar surface area (TPSA) is 61.2 Å². The molecule has 1 saturated heterocycles. The van der Waals surface area contributed by atoms with Crippen molar-refractivity contribution in [2.75, 3.05) is 12.3 Å². The smallest absolute Gasteiger partial charge is 0.212 e. The van der Waals surface area contributed by atoms with E-state index in [4.69, 9.17) is 5.26 Å². The second-order valence-corrected chi connectivity index (χ2v) is 6.44. The molecule has 1 fully saturated rings. The molecule has 0 N–H and O–H groups in total. The molecule has 1 rings (SSSR count). The Kier molecular flexibility index (Phi) is 4.12. The highest BCUT2D eigenvalue weighted by molar-refractivity contribution is 7.89. The van der Waals surface area contributed by atoms with Crippen LogP contribution in [0.25, 0.3) is 0 Å². The molecular weight excluding hydrogens is 212 g/mol. The SMILES string of the molecule is CC(C)CCS(=O)(=O)N1CCCC1C#N. The van der Waals surface area contributed by atoms with Crippen LogP contribution in [0.1, 0.15) is 33.1 Å². The first kappa shape index (κ1) is 12.5. The van der Waals surface area contributed by atoms with Gasteiger partial charge in [0, 0.05) is 6.54 Å². The second-order valence-electron chi connectivity index (χ2n) is 4.40. The van der Waals surface area contributed by atoms with Gasteiger partial charge in [0.25, 0.3) is 0 Å². The molecule has 86 valence electrons. The average Bonchev–Trinajstić information content (AvgIpc) is 2.63. The quantitative estimate of drug-likeness (QED) is 0.732. The molecule has 0 bridgehead atoms. The summed E-state index contributed by atoms with van der Waals surface area (Å²) in [4.78, 5) is 0. The summed E-state index contributed by atoms with van der Waals surface area (Å²) >= 11 is 0. The van der Waals surface area contributed by atoms with Crippen molar-refractivity contribution in [2.45, 2.75) is 39.2 Å². The van der Waals surface area contributed by atoms with Crippen molar-refractivity contribution in [1.82, 2.24) is 4.31 Å². The maximum Gasteiger partial charge on any atom is 0.215 e. The Morgan fingerprint density at radius 1 is 1.53 bits per heavy atom. The predicted molar refractivity (Wildman–Crippen MR) is 58.6 cm³/mol. The zero-order chi connectivity index (χ0) is 11.5. The standard InChI is InChI=1S/C10H18N2O2S/c1-9(2)5-7-15(13,14)12-6-3-4-10(12)8-11/h9-10H,3-7H2,1-2H3. The molecule has 1 aliphatic heterocycles. The summed E-state index contributed by atoms with van der Waals surface area (Å²) in [6, 6.07) is 1.63. The molecule has 0 aromatic rings. The number of hydrogen-bond donors (Lipinski definition) is 0. The van der Waals surface area contributed by atoms with E-state index in [1.165, 1.54) is 4.31 Å². The molecule has 0 aliphatic carbocycles. The maximum atomic E-state index is 11.9. The molecule has 0 aromatic heterocycles. The first-order valence-electron chi connectivity index (χ1n) is 5.36. The molecule has 15 heavy (non-hydrogen) atoms. The Morgan fingerprint density at radius 3 is 2.73 bits per heavy atom. The van der Waals surface area contributed by atoms with Crippen LogP contribution in [0.3, 0.4) is 0 Å². The molecule has 0 amide bonds. The van der Waals surface area contributed by atoms with Gasteiger partial charge in [-0.3, -0.25) is 0 Å². The number of rotatable bonds is 4. The number of nitrogens with zero attached hydrogens (tertiary/aromatic N) is 2. The highest BCUT2D eigenvalue weighted by Gasteiger charge is 2.33. The molecule has 0 radical (unpaired) electrons. The minimum atomic E-state index is -3.21. The zero-order valence-corrected chi connectivity index (χ0v) is 10.1. The molecule has 1 aliphatic rings. The lowest BCUT2D eigenvalue weighted by Gasteiger charge is -2.19.